The van der Waals surface area contributed by atoms with Crippen LogP contribution in [0.15, 0.2) is 23.4 Å². The van der Waals surface area contributed by atoms with Gasteiger partial charge in [-0.3, -0.25) is 4.98 Å². The lowest BCUT2D eigenvalue weighted by Crippen LogP contribution is -2.51. The van der Waals surface area contributed by atoms with Crippen molar-refractivity contribution in [3.63, 3.8) is 0 Å². The Labute approximate surface area is 112 Å². The summed E-state index contributed by atoms with van der Waals surface area (Å²) in [6.45, 7) is 1.87. The number of aliphatic hydroxyl groups excluding tert-OH is 1. The Bertz CT molecular complexity index is 549. The second-order valence-electron chi connectivity index (χ2n) is 4.48. The molecule has 2 atom stereocenters. The van der Waals surface area contributed by atoms with Crippen molar-refractivity contribution >= 4 is 15.7 Å². The molecule has 19 heavy (non-hydrogen) atoms. The summed E-state index contributed by atoms with van der Waals surface area (Å²) in [6, 6.07) is 1.13. The van der Waals surface area contributed by atoms with E-state index in [-0.39, 0.29) is 36.4 Å². The van der Waals surface area contributed by atoms with Crippen molar-refractivity contribution in [2.45, 2.75) is 24.0 Å². The molecule has 1 saturated heterocycles. The lowest BCUT2D eigenvalue weighted by molar-refractivity contribution is -0.0516. The first kappa shape index (κ1) is 14.2. The highest BCUT2D eigenvalue weighted by Crippen LogP contribution is 2.25. The van der Waals surface area contributed by atoms with Gasteiger partial charge in [0.05, 0.1) is 25.0 Å². The minimum Gasteiger partial charge on any atom is -0.398 e. The van der Waals surface area contributed by atoms with Crippen molar-refractivity contribution < 1.29 is 18.3 Å². The van der Waals surface area contributed by atoms with Gasteiger partial charge in [0.15, 0.2) is 0 Å². The first-order chi connectivity index (χ1) is 8.96. The van der Waals surface area contributed by atoms with Gasteiger partial charge in [0.25, 0.3) is 0 Å². The van der Waals surface area contributed by atoms with Gasteiger partial charge >= 0.3 is 0 Å². The summed E-state index contributed by atoms with van der Waals surface area (Å²) in [6.07, 6.45) is 2.16. The van der Waals surface area contributed by atoms with Crippen LogP contribution in [0.5, 0.6) is 0 Å². The fraction of sp³-hybridized carbons (Fsp3) is 0.545. The van der Waals surface area contributed by atoms with Crippen LogP contribution < -0.4 is 5.73 Å². The van der Waals surface area contributed by atoms with Crippen LogP contribution in [0.4, 0.5) is 5.69 Å². The van der Waals surface area contributed by atoms with Gasteiger partial charge in [-0.05, 0) is 13.0 Å². The molecule has 7 nitrogen and oxygen atoms in total. The van der Waals surface area contributed by atoms with Gasteiger partial charge in [-0.2, -0.15) is 4.31 Å². The molecule has 1 aromatic rings. The number of morpholine rings is 1. The summed E-state index contributed by atoms with van der Waals surface area (Å²) < 4.78 is 31.7. The van der Waals surface area contributed by atoms with Crippen LogP contribution in [-0.2, 0) is 14.8 Å². The fourth-order valence-electron chi connectivity index (χ4n) is 1.97. The third-order valence-corrected chi connectivity index (χ3v) is 5.08. The number of pyridine rings is 1. The van der Waals surface area contributed by atoms with Crippen molar-refractivity contribution in [2.24, 2.45) is 0 Å². The summed E-state index contributed by atoms with van der Waals surface area (Å²) in [4.78, 5) is 3.79. The average molecular weight is 287 g/mol. The highest BCUT2D eigenvalue weighted by molar-refractivity contribution is 7.89. The molecule has 0 bridgehead atoms. The number of hydrogen-bond acceptors (Lipinski definition) is 6. The lowest BCUT2D eigenvalue weighted by atomic mass is 10.2. The van der Waals surface area contributed by atoms with Gasteiger partial charge in [0.2, 0.25) is 10.0 Å². The second-order valence-corrected chi connectivity index (χ2v) is 6.33. The van der Waals surface area contributed by atoms with Crippen LogP contribution in [0.1, 0.15) is 6.92 Å². The molecule has 1 aromatic heterocycles. The molecule has 8 heteroatoms. The standard InChI is InChI=1S/C11H17N3O4S/c1-8-7-18-9(6-15)5-14(8)19(16,17)11-4-13-3-2-10(11)12/h2-4,8-9,15H,5-7H2,1H3,(H2,12,13). The van der Waals surface area contributed by atoms with Crippen LogP contribution in [0.25, 0.3) is 0 Å². The Balaban J connectivity index is 2.36. The van der Waals surface area contributed by atoms with E-state index in [1.54, 1.807) is 6.92 Å². The van der Waals surface area contributed by atoms with E-state index >= 15 is 0 Å². The molecule has 1 aliphatic rings. The lowest BCUT2D eigenvalue weighted by Gasteiger charge is -2.36. The van der Waals surface area contributed by atoms with Crippen molar-refractivity contribution in [2.75, 3.05) is 25.5 Å². The number of hydrogen-bond donors (Lipinski definition) is 2. The first-order valence-corrected chi connectivity index (χ1v) is 7.34. The highest BCUT2D eigenvalue weighted by atomic mass is 32.2. The zero-order chi connectivity index (χ0) is 14.0. The van der Waals surface area contributed by atoms with Crippen molar-refractivity contribution in [1.29, 1.82) is 0 Å². The first-order valence-electron chi connectivity index (χ1n) is 5.90. The number of sulfonamides is 1. The molecule has 3 N–H and O–H groups in total. The summed E-state index contributed by atoms with van der Waals surface area (Å²) >= 11 is 0. The molecule has 1 fully saturated rings. The molecule has 0 aromatic carbocycles. The Kier molecular flexibility index (Phi) is 4.04. The van der Waals surface area contributed by atoms with Crippen LogP contribution in [-0.4, -0.2) is 54.7 Å². The average Bonchev–Trinajstić information content (AvgIpc) is 2.39. The Morgan fingerprint density at radius 1 is 1.63 bits per heavy atom. The number of nitrogen functional groups attached to an aromatic ring is 1. The molecule has 0 radical (unpaired) electrons. The number of nitrogens with zero attached hydrogens (tertiary/aromatic N) is 2. The molecular weight excluding hydrogens is 270 g/mol. The molecule has 0 spiro atoms. The van der Waals surface area contributed by atoms with Gasteiger partial charge < -0.3 is 15.6 Å². The molecule has 2 unspecified atom stereocenters. The second kappa shape index (κ2) is 5.41. The van der Waals surface area contributed by atoms with E-state index in [1.165, 1.54) is 22.8 Å². The van der Waals surface area contributed by atoms with Crippen molar-refractivity contribution in [1.82, 2.24) is 9.29 Å². The van der Waals surface area contributed by atoms with E-state index < -0.39 is 16.1 Å². The van der Waals surface area contributed by atoms with Gasteiger partial charge in [-0.1, -0.05) is 0 Å². The Morgan fingerprint density at radius 2 is 2.37 bits per heavy atom. The smallest absolute Gasteiger partial charge is 0.247 e. The van der Waals surface area contributed by atoms with E-state index in [0.717, 1.165) is 0 Å². The van der Waals surface area contributed by atoms with Crippen LogP contribution in [0.3, 0.4) is 0 Å². The van der Waals surface area contributed by atoms with Gasteiger partial charge in [0, 0.05) is 25.0 Å². The van der Waals surface area contributed by atoms with Crippen LogP contribution in [0.2, 0.25) is 0 Å². The highest BCUT2D eigenvalue weighted by Gasteiger charge is 2.36. The van der Waals surface area contributed by atoms with E-state index in [1.807, 2.05) is 0 Å². The quantitative estimate of drug-likeness (QED) is 0.771. The minimum atomic E-state index is -3.73. The number of aliphatic hydroxyl groups is 1. The number of aromatic nitrogens is 1. The van der Waals surface area contributed by atoms with Crippen LogP contribution >= 0.6 is 0 Å². The topological polar surface area (TPSA) is 106 Å². The minimum absolute atomic E-state index is 0.0135. The molecule has 2 rings (SSSR count). The summed E-state index contributed by atoms with van der Waals surface area (Å²) in [5.41, 5.74) is 5.86. The van der Waals surface area contributed by atoms with Crippen molar-refractivity contribution in [3.8, 4) is 0 Å². The van der Waals surface area contributed by atoms with E-state index in [2.05, 4.69) is 4.98 Å². The zero-order valence-corrected chi connectivity index (χ0v) is 11.4. The Morgan fingerprint density at radius 3 is 3.00 bits per heavy atom. The number of nitrogens with two attached hydrogens (primary N) is 1. The third kappa shape index (κ3) is 2.71. The molecule has 0 aliphatic carbocycles. The summed E-state index contributed by atoms with van der Waals surface area (Å²) in [5, 5.41) is 9.10. The zero-order valence-electron chi connectivity index (χ0n) is 10.6. The molecule has 1 aliphatic heterocycles. The SMILES string of the molecule is CC1COC(CO)CN1S(=O)(=O)c1cnccc1N. The number of ether oxygens (including phenoxy) is 1. The van der Waals surface area contributed by atoms with Gasteiger partial charge in [0.1, 0.15) is 4.90 Å². The maximum Gasteiger partial charge on any atom is 0.247 e. The van der Waals surface area contributed by atoms with E-state index in [4.69, 9.17) is 15.6 Å². The summed E-state index contributed by atoms with van der Waals surface area (Å²) in [5.74, 6) is 0. The maximum absolute atomic E-state index is 12.5. The third-order valence-electron chi connectivity index (χ3n) is 3.06. The normalized spacial score (nSPS) is 25.4. The number of anilines is 1. The fourth-order valence-corrected chi connectivity index (χ4v) is 3.68. The molecule has 2 heterocycles. The van der Waals surface area contributed by atoms with Gasteiger partial charge in [-0.25, -0.2) is 8.42 Å². The van der Waals surface area contributed by atoms with Crippen LogP contribution in [0, 0.1) is 0 Å². The maximum atomic E-state index is 12.5. The molecular formula is C11H17N3O4S. The summed E-state index contributed by atoms with van der Waals surface area (Å²) in [7, 11) is -3.73. The Hall–Kier alpha value is -1.22. The molecule has 0 amide bonds. The number of rotatable bonds is 3. The van der Waals surface area contributed by atoms with E-state index in [0.29, 0.717) is 0 Å². The molecule has 0 saturated carbocycles. The largest absolute Gasteiger partial charge is 0.398 e. The predicted molar refractivity (Wildman–Crippen MR) is 68.8 cm³/mol. The van der Waals surface area contributed by atoms with E-state index in [9.17, 15) is 8.42 Å². The van der Waals surface area contributed by atoms with Crippen molar-refractivity contribution in [3.05, 3.63) is 18.5 Å². The van der Waals surface area contributed by atoms with Gasteiger partial charge in [-0.15, -0.1) is 0 Å². The predicted octanol–water partition coefficient (Wildman–Crippen LogP) is -0.566. The molecule has 106 valence electrons. The monoisotopic (exact) mass is 287 g/mol.